The molecule has 0 aliphatic carbocycles. The Morgan fingerprint density at radius 3 is 2.71 bits per heavy atom. The molecule has 2 aliphatic heterocycles. The number of carboxylic acids is 1. The highest BCUT2D eigenvalue weighted by molar-refractivity contribution is 8.01. The van der Waals surface area contributed by atoms with Crippen molar-refractivity contribution in [2.24, 2.45) is 0 Å². The molecule has 164 valence electrons. The molecule has 4 rings (SSSR count). The van der Waals surface area contributed by atoms with Gasteiger partial charge in [-0.2, -0.15) is 5.10 Å². The van der Waals surface area contributed by atoms with Gasteiger partial charge in [-0.3, -0.25) is 19.2 Å². The first-order chi connectivity index (χ1) is 14.7. The van der Waals surface area contributed by atoms with Crippen molar-refractivity contribution in [2.75, 3.05) is 11.5 Å². The van der Waals surface area contributed by atoms with E-state index in [4.69, 9.17) is 0 Å². The lowest BCUT2D eigenvalue weighted by atomic mass is 10.0. The van der Waals surface area contributed by atoms with Crippen molar-refractivity contribution >= 4 is 52.6 Å². The fourth-order valence-electron chi connectivity index (χ4n) is 3.47. The van der Waals surface area contributed by atoms with Crippen molar-refractivity contribution in [3.8, 4) is 0 Å². The molecule has 2 N–H and O–H groups in total. The average Bonchev–Trinajstić information content (AvgIpc) is 3.27. The van der Waals surface area contributed by atoms with Crippen molar-refractivity contribution in [2.45, 2.75) is 43.1 Å². The third-order valence-corrected chi connectivity index (χ3v) is 8.24. The number of thioether (sulfide) groups is 2. The molecular formula is C18H20N6O4S3. The predicted molar refractivity (Wildman–Crippen MR) is 117 cm³/mol. The van der Waals surface area contributed by atoms with Crippen LogP contribution in [0.25, 0.3) is 0 Å². The molecule has 1 saturated heterocycles. The lowest BCUT2D eigenvalue weighted by Gasteiger charge is -2.49. The number of hydrogen-bond acceptors (Lipinski definition) is 9. The molecular weight excluding hydrogens is 460 g/mol. The van der Waals surface area contributed by atoms with Crippen LogP contribution >= 0.6 is 34.9 Å². The Morgan fingerprint density at radius 2 is 2.10 bits per heavy atom. The number of nitrogens with zero attached hydrogens (tertiary/aromatic N) is 5. The highest BCUT2D eigenvalue weighted by Gasteiger charge is 2.54. The van der Waals surface area contributed by atoms with E-state index in [9.17, 15) is 19.5 Å². The normalized spacial score (nSPS) is 20.5. The van der Waals surface area contributed by atoms with Crippen molar-refractivity contribution in [3.05, 3.63) is 33.7 Å². The highest BCUT2D eigenvalue weighted by Crippen LogP contribution is 2.41. The first-order valence-corrected chi connectivity index (χ1v) is 12.2. The molecule has 2 aromatic rings. The molecule has 2 amide bonds. The van der Waals surface area contributed by atoms with Gasteiger partial charge in [0.25, 0.3) is 5.91 Å². The maximum Gasteiger partial charge on any atom is 0.352 e. The van der Waals surface area contributed by atoms with Gasteiger partial charge in [0, 0.05) is 17.2 Å². The lowest BCUT2D eigenvalue weighted by Crippen LogP contribution is -2.70. The van der Waals surface area contributed by atoms with E-state index in [-0.39, 0.29) is 18.1 Å². The zero-order valence-corrected chi connectivity index (χ0v) is 19.4. The van der Waals surface area contributed by atoms with Gasteiger partial charge in [-0.25, -0.2) is 4.79 Å². The van der Waals surface area contributed by atoms with Crippen LogP contribution in [0.5, 0.6) is 0 Å². The molecule has 1 fully saturated rings. The number of aromatic nitrogens is 4. The number of aryl methyl sites for hydroxylation is 3. The van der Waals surface area contributed by atoms with E-state index in [0.717, 1.165) is 20.7 Å². The first kappa shape index (κ1) is 21.8. The van der Waals surface area contributed by atoms with Gasteiger partial charge >= 0.3 is 5.97 Å². The molecule has 13 heteroatoms. The smallest absolute Gasteiger partial charge is 0.352 e. The molecule has 0 radical (unpaired) electrons. The molecule has 31 heavy (non-hydrogen) atoms. The minimum Gasteiger partial charge on any atom is -0.477 e. The van der Waals surface area contributed by atoms with E-state index in [2.05, 4.69) is 20.6 Å². The maximum absolute atomic E-state index is 12.7. The van der Waals surface area contributed by atoms with Crippen LogP contribution in [-0.2, 0) is 20.9 Å². The zero-order chi connectivity index (χ0) is 22.3. The standard InChI is InChI=1S/C18H20N6O4S3/c1-8-4-9(2)23(22-8)5-12(25)19-13-15(26)24-14(17(27)28)11(6-29-16(13)24)7-30-18-21-20-10(3)31-18/h4,13,16H,5-7H2,1-3H3,(H,19,25)(H,27,28)/t13-,16+/m0/s1. The lowest BCUT2D eigenvalue weighted by molar-refractivity contribution is -0.150. The van der Waals surface area contributed by atoms with Gasteiger partial charge in [0.2, 0.25) is 5.91 Å². The summed E-state index contributed by atoms with van der Waals surface area (Å²) in [6.07, 6.45) is 0. The molecule has 4 heterocycles. The Kier molecular flexibility index (Phi) is 6.08. The molecule has 0 unspecified atom stereocenters. The van der Waals surface area contributed by atoms with Crippen LogP contribution in [0.3, 0.4) is 0 Å². The molecule has 0 bridgehead atoms. The predicted octanol–water partition coefficient (Wildman–Crippen LogP) is 1.19. The summed E-state index contributed by atoms with van der Waals surface area (Å²) >= 11 is 4.30. The van der Waals surface area contributed by atoms with Crippen LogP contribution < -0.4 is 5.32 Å². The number of rotatable bonds is 7. The van der Waals surface area contributed by atoms with Gasteiger partial charge in [-0.15, -0.1) is 22.0 Å². The van der Waals surface area contributed by atoms with Crippen LogP contribution in [0.4, 0.5) is 0 Å². The molecule has 10 nitrogen and oxygen atoms in total. The fourth-order valence-corrected chi connectivity index (χ4v) is 6.77. The Morgan fingerprint density at radius 1 is 1.32 bits per heavy atom. The second-order valence-electron chi connectivity index (χ2n) is 7.17. The van der Waals surface area contributed by atoms with E-state index < -0.39 is 23.3 Å². The van der Waals surface area contributed by atoms with Crippen LogP contribution in [-0.4, -0.2) is 70.7 Å². The maximum atomic E-state index is 12.7. The third-order valence-electron chi connectivity index (χ3n) is 4.84. The number of aliphatic carboxylic acids is 1. The van der Waals surface area contributed by atoms with Crippen molar-refractivity contribution < 1.29 is 19.5 Å². The molecule has 0 aromatic carbocycles. The van der Waals surface area contributed by atoms with Crippen molar-refractivity contribution in [3.63, 3.8) is 0 Å². The Labute approximate surface area is 190 Å². The van der Waals surface area contributed by atoms with Crippen LogP contribution in [0, 0.1) is 20.8 Å². The van der Waals surface area contributed by atoms with Crippen LogP contribution in [0.15, 0.2) is 21.7 Å². The van der Waals surface area contributed by atoms with Gasteiger partial charge in [0.15, 0.2) is 4.34 Å². The fraction of sp³-hybridized carbons (Fsp3) is 0.444. The molecule has 2 aliphatic rings. The summed E-state index contributed by atoms with van der Waals surface area (Å²) in [5.41, 5.74) is 2.33. The summed E-state index contributed by atoms with van der Waals surface area (Å²) in [5.74, 6) is -1.02. The SMILES string of the molecule is Cc1cc(C)n(CC(=O)N[C@H]2C(=O)N3C(C(=O)O)=C(CSc4nnc(C)s4)CS[C@H]23)n1. The van der Waals surface area contributed by atoms with E-state index in [1.807, 2.05) is 26.8 Å². The van der Waals surface area contributed by atoms with Gasteiger partial charge in [-0.05, 0) is 32.4 Å². The summed E-state index contributed by atoms with van der Waals surface area (Å²) in [5, 5.41) is 25.1. The van der Waals surface area contributed by atoms with E-state index in [0.29, 0.717) is 17.1 Å². The van der Waals surface area contributed by atoms with Crippen LogP contribution in [0.1, 0.15) is 16.4 Å². The van der Waals surface area contributed by atoms with E-state index in [1.54, 1.807) is 4.68 Å². The number of carboxylic acid groups (broad SMARTS) is 1. The number of nitrogens with one attached hydrogen (secondary N) is 1. The number of amides is 2. The van der Waals surface area contributed by atoms with Gasteiger partial charge in [-0.1, -0.05) is 23.1 Å². The summed E-state index contributed by atoms with van der Waals surface area (Å²) < 4.78 is 2.33. The Hall–Kier alpha value is -2.38. The number of carbonyl (C=O) groups excluding carboxylic acids is 2. The van der Waals surface area contributed by atoms with Crippen molar-refractivity contribution in [1.82, 2.24) is 30.2 Å². The van der Waals surface area contributed by atoms with E-state index in [1.165, 1.54) is 39.8 Å². The quantitative estimate of drug-likeness (QED) is 0.443. The van der Waals surface area contributed by atoms with Gasteiger partial charge < -0.3 is 10.4 Å². The summed E-state index contributed by atoms with van der Waals surface area (Å²) in [6.45, 7) is 5.56. The first-order valence-electron chi connectivity index (χ1n) is 9.38. The second-order valence-corrected chi connectivity index (χ2v) is 10.7. The molecule has 0 saturated carbocycles. The summed E-state index contributed by atoms with van der Waals surface area (Å²) in [4.78, 5) is 38.4. The number of fused-ring (bicyclic) bond motifs is 1. The van der Waals surface area contributed by atoms with Crippen molar-refractivity contribution in [1.29, 1.82) is 0 Å². The summed E-state index contributed by atoms with van der Waals surface area (Å²) in [7, 11) is 0. The van der Waals surface area contributed by atoms with Crippen LogP contribution in [0.2, 0.25) is 0 Å². The minimum absolute atomic E-state index is 0.00558. The average molecular weight is 481 g/mol. The number of carbonyl (C=O) groups is 3. The van der Waals surface area contributed by atoms with E-state index >= 15 is 0 Å². The van der Waals surface area contributed by atoms with Gasteiger partial charge in [0.1, 0.15) is 28.7 Å². The number of β-lactam (4-membered cyclic amide) rings is 1. The second kappa shape index (κ2) is 8.63. The monoisotopic (exact) mass is 480 g/mol. The Balaban J connectivity index is 1.43. The molecule has 2 aromatic heterocycles. The highest BCUT2D eigenvalue weighted by atomic mass is 32.2. The zero-order valence-electron chi connectivity index (χ0n) is 17.0. The molecule has 2 atom stereocenters. The van der Waals surface area contributed by atoms with Gasteiger partial charge in [0.05, 0.1) is 5.69 Å². The topological polar surface area (TPSA) is 130 Å². The third kappa shape index (κ3) is 4.34. The Bertz CT molecular complexity index is 1090. The largest absolute Gasteiger partial charge is 0.477 e. The molecule has 0 spiro atoms. The minimum atomic E-state index is -1.14. The summed E-state index contributed by atoms with van der Waals surface area (Å²) in [6, 6.07) is 1.12. The number of hydrogen-bond donors (Lipinski definition) is 2.